The molecule has 5 nitrogen and oxygen atoms in total. The van der Waals surface area contributed by atoms with E-state index in [1.807, 2.05) is 12.1 Å². The lowest BCUT2D eigenvalue weighted by Crippen LogP contribution is -2.35. The first-order chi connectivity index (χ1) is 15.1. The fraction of sp³-hybridized carbons (Fsp3) is 0.583. The molecule has 2 fully saturated rings. The Bertz CT molecular complexity index is 868. The van der Waals surface area contributed by atoms with Gasteiger partial charge < -0.3 is 9.30 Å². The third kappa shape index (κ3) is 5.96. The van der Waals surface area contributed by atoms with E-state index >= 15 is 0 Å². The number of ether oxygens (including phenoxy) is 1. The molecule has 1 aromatic carbocycles. The Kier molecular flexibility index (Phi) is 7.80. The normalized spacial score (nSPS) is 21.1. The van der Waals surface area contributed by atoms with Crippen molar-refractivity contribution in [2.24, 2.45) is 0 Å². The van der Waals surface area contributed by atoms with Gasteiger partial charge in [0.2, 0.25) is 0 Å². The molecule has 2 saturated heterocycles. The van der Waals surface area contributed by atoms with Gasteiger partial charge >= 0.3 is 0 Å². The average molecular weight is 445 g/mol. The fourth-order valence-corrected chi connectivity index (χ4v) is 5.30. The number of rotatable bonds is 8. The summed E-state index contributed by atoms with van der Waals surface area (Å²) in [5.74, 6) is 2.11. The molecule has 4 rings (SSSR count). The molecule has 168 valence electrons. The summed E-state index contributed by atoms with van der Waals surface area (Å²) < 4.78 is 21.5. The van der Waals surface area contributed by atoms with Crippen LogP contribution in [0.25, 0.3) is 0 Å². The van der Waals surface area contributed by atoms with Crippen LogP contribution in [0.5, 0.6) is 0 Å². The van der Waals surface area contributed by atoms with Crippen molar-refractivity contribution in [3.63, 3.8) is 0 Å². The van der Waals surface area contributed by atoms with E-state index in [9.17, 15) is 4.39 Å². The van der Waals surface area contributed by atoms with Gasteiger partial charge in [-0.05, 0) is 70.3 Å². The van der Waals surface area contributed by atoms with Gasteiger partial charge in [0.1, 0.15) is 11.6 Å². The average Bonchev–Trinajstić information content (AvgIpc) is 3.44. The first-order valence-electron chi connectivity index (χ1n) is 11.4. The third-order valence-electron chi connectivity index (χ3n) is 6.36. The SMILES string of the molecule is C/C=C(\C)CN1CCC(c2nnc(SCc3ccc(F)cc3)n2CC2CCCO2)CC1. The molecule has 0 aliphatic carbocycles. The number of benzene rings is 1. The number of thioether (sulfide) groups is 1. The predicted octanol–water partition coefficient (Wildman–Crippen LogP) is 5.03. The zero-order chi connectivity index (χ0) is 21.6. The van der Waals surface area contributed by atoms with Crippen LogP contribution in [-0.2, 0) is 17.0 Å². The van der Waals surface area contributed by atoms with Gasteiger partial charge in [-0.1, -0.05) is 35.5 Å². The Morgan fingerprint density at radius 3 is 2.65 bits per heavy atom. The maximum atomic E-state index is 13.2. The highest BCUT2D eigenvalue weighted by Gasteiger charge is 2.28. The first kappa shape index (κ1) is 22.5. The summed E-state index contributed by atoms with van der Waals surface area (Å²) in [6.07, 6.45) is 6.91. The summed E-state index contributed by atoms with van der Waals surface area (Å²) in [5, 5.41) is 10.2. The highest BCUT2D eigenvalue weighted by Crippen LogP contribution is 2.32. The van der Waals surface area contributed by atoms with Gasteiger partial charge in [0.05, 0.1) is 12.6 Å². The maximum absolute atomic E-state index is 13.2. The lowest BCUT2D eigenvalue weighted by molar-refractivity contribution is 0.0932. The topological polar surface area (TPSA) is 43.2 Å². The van der Waals surface area contributed by atoms with Crippen LogP contribution in [0.2, 0.25) is 0 Å². The van der Waals surface area contributed by atoms with Crippen molar-refractivity contribution in [2.45, 2.75) is 69.0 Å². The second kappa shape index (κ2) is 10.7. The van der Waals surface area contributed by atoms with Crippen LogP contribution in [0.3, 0.4) is 0 Å². The van der Waals surface area contributed by atoms with Crippen LogP contribution in [-0.4, -0.2) is 52.0 Å². The number of likely N-dealkylation sites (tertiary alicyclic amines) is 1. The standard InChI is InChI=1S/C24H33FN4OS/c1-3-18(2)15-28-12-10-20(11-13-28)23-26-27-24(29(23)16-22-5-4-14-30-22)31-17-19-6-8-21(25)9-7-19/h3,6-9,20,22H,4-5,10-17H2,1-2H3/b18-3+. The number of hydrogen-bond donors (Lipinski definition) is 0. The molecule has 2 aromatic rings. The molecule has 0 amide bonds. The van der Waals surface area contributed by atoms with Crippen molar-refractivity contribution in [3.8, 4) is 0 Å². The van der Waals surface area contributed by atoms with Crippen LogP contribution >= 0.6 is 11.8 Å². The summed E-state index contributed by atoms with van der Waals surface area (Å²) in [6, 6.07) is 6.71. The number of hydrogen-bond acceptors (Lipinski definition) is 5. The Labute approximate surface area is 189 Å². The number of nitrogens with zero attached hydrogens (tertiary/aromatic N) is 4. The second-order valence-corrected chi connectivity index (χ2v) is 9.63. The van der Waals surface area contributed by atoms with Crippen molar-refractivity contribution in [2.75, 3.05) is 26.2 Å². The summed E-state index contributed by atoms with van der Waals surface area (Å²) in [7, 11) is 0. The minimum atomic E-state index is -0.200. The van der Waals surface area contributed by atoms with E-state index in [0.29, 0.717) is 5.92 Å². The van der Waals surface area contributed by atoms with Crippen molar-refractivity contribution >= 4 is 11.8 Å². The smallest absolute Gasteiger partial charge is 0.191 e. The van der Waals surface area contributed by atoms with E-state index in [-0.39, 0.29) is 11.9 Å². The Morgan fingerprint density at radius 1 is 1.19 bits per heavy atom. The van der Waals surface area contributed by atoms with E-state index in [4.69, 9.17) is 4.74 Å². The van der Waals surface area contributed by atoms with Gasteiger partial charge in [0.15, 0.2) is 5.16 Å². The molecule has 0 N–H and O–H groups in total. The number of piperidine rings is 1. The van der Waals surface area contributed by atoms with E-state index in [0.717, 1.165) is 80.8 Å². The first-order valence-corrected chi connectivity index (χ1v) is 12.4. The molecule has 1 aromatic heterocycles. The molecule has 0 radical (unpaired) electrons. The summed E-state index contributed by atoms with van der Waals surface area (Å²) >= 11 is 1.68. The van der Waals surface area contributed by atoms with Gasteiger partial charge in [-0.25, -0.2) is 4.39 Å². The molecule has 1 unspecified atom stereocenters. The van der Waals surface area contributed by atoms with Gasteiger partial charge in [-0.3, -0.25) is 4.90 Å². The quantitative estimate of drug-likeness (QED) is 0.422. The highest BCUT2D eigenvalue weighted by molar-refractivity contribution is 7.98. The number of allylic oxidation sites excluding steroid dienone is 1. The molecular weight excluding hydrogens is 411 g/mol. The highest BCUT2D eigenvalue weighted by atomic mass is 32.2. The summed E-state index contributed by atoms with van der Waals surface area (Å²) in [4.78, 5) is 2.54. The summed E-state index contributed by atoms with van der Waals surface area (Å²) in [6.45, 7) is 9.25. The monoisotopic (exact) mass is 444 g/mol. The van der Waals surface area contributed by atoms with Gasteiger partial charge in [0.25, 0.3) is 0 Å². The second-order valence-electron chi connectivity index (χ2n) is 8.69. The molecule has 31 heavy (non-hydrogen) atoms. The largest absolute Gasteiger partial charge is 0.376 e. The lowest BCUT2D eigenvalue weighted by atomic mass is 9.95. The predicted molar refractivity (Wildman–Crippen MR) is 123 cm³/mol. The Hall–Kier alpha value is -1.70. The van der Waals surface area contributed by atoms with Crippen molar-refractivity contribution in [1.82, 2.24) is 19.7 Å². The molecule has 3 heterocycles. The summed E-state index contributed by atoms with van der Waals surface area (Å²) in [5.41, 5.74) is 2.52. The zero-order valence-electron chi connectivity index (χ0n) is 18.6. The van der Waals surface area contributed by atoms with Crippen LogP contribution in [0, 0.1) is 5.82 Å². The number of aromatic nitrogens is 3. The minimum Gasteiger partial charge on any atom is -0.376 e. The molecule has 2 aliphatic rings. The minimum absolute atomic E-state index is 0.200. The number of halogens is 1. The van der Waals surface area contributed by atoms with Crippen LogP contribution in [0.4, 0.5) is 4.39 Å². The zero-order valence-corrected chi connectivity index (χ0v) is 19.4. The van der Waals surface area contributed by atoms with Crippen molar-refractivity contribution in [1.29, 1.82) is 0 Å². The Balaban J connectivity index is 1.45. The van der Waals surface area contributed by atoms with Crippen molar-refractivity contribution < 1.29 is 9.13 Å². The van der Waals surface area contributed by atoms with E-state index < -0.39 is 0 Å². The van der Waals surface area contributed by atoms with Gasteiger partial charge in [-0.2, -0.15) is 0 Å². The van der Waals surface area contributed by atoms with Crippen LogP contribution in [0.15, 0.2) is 41.1 Å². The molecule has 0 saturated carbocycles. The molecular formula is C24H33FN4OS. The van der Waals surface area contributed by atoms with E-state index in [1.165, 1.54) is 17.7 Å². The fourth-order valence-electron chi connectivity index (χ4n) is 4.39. The van der Waals surface area contributed by atoms with E-state index in [2.05, 4.69) is 39.6 Å². The molecule has 0 bridgehead atoms. The molecule has 1 atom stereocenters. The third-order valence-corrected chi connectivity index (χ3v) is 7.39. The van der Waals surface area contributed by atoms with Crippen LogP contribution < -0.4 is 0 Å². The molecule has 0 spiro atoms. The maximum Gasteiger partial charge on any atom is 0.191 e. The van der Waals surface area contributed by atoms with E-state index in [1.54, 1.807) is 11.8 Å². The van der Waals surface area contributed by atoms with Gasteiger partial charge in [0, 0.05) is 24.8 Å². The van der Waals surface area contributed by atoms with Crippen LogP contribution in [0.1, 0.15) is 56.8 Å². The van der Waals surface area contributed by atoms with Gasteiger partial charge in [-0.15, -0.1) is 10.2 Å². The molecule has 2 aliphatic heterocycles. The molecule has 7 heteroatoms. The Morgan fingerprint density at radius 2 is 1.97 bits per heavy atom. The van der Waals surface area contributed by atoms with Crippen molar-refractivity contribution in [3.05, 3.63) is 53.1 Å². The lowest BCUT2D eigenvalue weighted by Gasteiger charge is -2.32.